The van der Waals surface area contributed by atoms with Gasteiger partial charge in [0.25, 0.3) is 5.56 Å². The van der Waals surface area contributed by atoms with Gasteiger partial charge in [0.15, 0.2) is 5.82 Å². The van der Waals surface area contributed by atoms with Gasteiger partial charge < -0.3 is 9.88 Å². The molecule has 0 amide bonds. The Kier molecular flexibility index (Phi) is 5.28. The first kappa shape index (κ1) is 13.5. The van der Waals surface area contributed by atoms with E-state index in [1.54, 1.807) is 0 Å². The van der Waals surface area contributed by atoms with Crippen LogP contribution in [0.2, 0.25) is 0 Å². The minimum absolute atomic E-state index is 0.165. The highest BCUT2D eigenvalue weighted by atomic mass is 79.9. The molecule has 0 aliphatic carbocycles. The summed E-state index contributed by atoms with van der Waals surface area (Å²) in [5.74, 6) is 1.27. The molecule has 4 nitrogen and oxygen atoms in total. The maximum Gasteiger partial charge on any atom is 0.267 e. The zero-order valence-electron chi connectivity index (χ0n) is 9.33. The van der Waals surface area contributed by atoms with Crippen molar-refractivity contribution in [1.82, 2.24) is 9.97 Å². The monoisotopic (exact) mass is 307 g/mol. The average molecular weight is 309 g/mol. The molecule has 0 bridgehead atoms. The molecule has 0 fully saturated rings. The van der Waals surface area contributed by atoms with Crippen molar-refractivity contribution >= 4 is 33.3 Å². The Bertz CT molecular complexity index is 394. The zero-order chi connectivity index (χ0) is 12.1. The number of hydrogen-bond donors (Lipinski definition) is 1. The molecule has 0 aromatic carbocycles. The van der Waals surface area contributed by atoms with Crippen LogP contribution >= 0.6 is 27.5 Å². The predicted molar refractivity (Wildman–Crippen MR) is 70.4 cm³/mol. The molecule has 0 aliphatic rings. The quantitative estimate of drug-likeness (QED) is 0.850. The van der Waals surface area contributed by atoms with Gasteiger partial charge in [0.1, 0.15) is 4.47 Å². The molecule has 0 saturated heterocycles. The minimum atomic E-state index is -0.165. The van der Waals surface area contributed by atoms with Crippen LogP contribution < -0.4 is 10.5 Å². The standard InChI is InChI=1S/C10H15BrClN3O/c1-7(2)15(5-3-4-12)9-8(11)10(16)14-6-13-9/h6-7H,3-5H2,1-2H3,(H,13,14,16). The molecule has 0 unspecified atom stereocenters. The molecule has 1 rings (SSSR count). The van der Waals surface area contributed by atoms with Crippen LogP contribution in [0, 0.1) is 0 Å². The summed E-state index contributed by atoms with van der Waals surface area (Å²) in [5, 5.41) is 0. The molecule has 1 heterocycles. The van der Waals surface area contributed by atoms with Gasteiger partial charge in [-0.3, -0.25) is 4.79 Å². The molecule has 0 radical (unpaired) electrons. The van der Waals surface area contributed by atoms with Crippen molar-refractivity contribution in [3.8, 4) is 0 Å². The van der Waals surface area contributed by atoms with E-state index in [1.807, 2.05) is 0 Å². The van der Waals surface area contributed by atoms with Gasteiger partial charge in [-0.1, -0.05) is 0 Å². The lowest BCUT2D eigenvalue weighted by atomic mass is 10.3. The largest absolute Gasteiger partial charge is 0.353 e. The van der Waals surface area contributed by atoms with Gasteiger partial charge in [-0.15, -0.1) is 11.6 Å². The lowest BCUT2D eigenvalue weighted by Gasteiger charge is -2.28. The topological polar surface area (TPSA) is 49.0 Å². The van der Waals surface area contributed by atoms with Gasteiger partial charge in [-0.25, -0.2) is 4.98 Å². The summed E-state index contributed by atoms with van der Waals surface area (Å²) in [6.45, 7) is 4.91. The number of alkyl halides is 1. The van der Waals surface area contributed by atoms with E-state index >= 15 is 0 Å². The smallest absolute Gasteiger partial charge is 0.267 e. The fraction of sp³-hybridized carbons (Fsp3) is 0.600. The molecule has 6 heteroatoms. The highest BCUT2D eigenvalue weighted by Crippen LogP contribution is 2.21. The number of rotatable bonds is 5. The van der Waals surface area contributed by atoms with E-state index in [2.05, 4.69) is 44.6 Å². The fourth-order valence-corrected chi connectivity index (χ4v) is 1.98. The van der Waals surface area contributed by atoms with Gasteiger partial charge in [0, 0.05) is 18.5 Å². The molecule has 90 valence electrons. The Balaban J connectivity index is 3.01. The average Bonchev–Trinajstić information content (AvgIpc) is 2.24. The van der Waals surface area contributed by atoms with Gasteiger partial charge in [-0.2, -0.15) is 0 Å². The van der Waals surface area contributed by atoms with Crippen molar-refractivity contribution in [1.29, 1.82) is 0 Å². The second-order valence-electron chi connectivity index (χ2n) is 3.70. The summed E-state index contributed by atoms with van der Waals surface area (Å²) in [7, 11) is 0. The molecule has 16 heavy (non-hydrogen) atoms. The molecule has 0 aliphatic heterocycles. The normalized spacial score (nSPS) is 10.8. The van der Waals surface area contributed by atoms with Gasteiger partial charge in [-0.05, 0) is 36.2 Å². The van der Waals surface area contributed by atoms with Gasteiger partial charge in [0.2, 0.25) is 0 Å². The van der Waals surface area contributed by atoms with Crippen LogP contribution in [0.5, 0.6) is 0 Å². The maximum absolute atomic E-state index is 11.4. The number of aromatic amines is 1. The van der Waals surface area contributed by atoms with Gasteiger partial charge in [0.05, 0.1) is 6.33 Å². The first-order chi connectivity index (χ1) is 7.57. The maximum atomic E-state index is 11.4. The molecule has 0 atom stereocenters. The lowest BCUT2D eigenvalue weighted by Crippen LogP contribution is -2.34. The Morgan fingerprint density at radius 1 is 1.62 bits per heavy atom. The summed E-state index contributed by atoms with van der Waals surface area (Å²) in [5.41, 5.74) is -0.165. The SMILES string of the molecule is CC(C)N(CCCCl)c1nc[nH]c(=O)c1Br. The first-order valence-electron chi connectivity index (χ1n) is 5.13. The molecular formula is C10H15BrClN3O. The number of nitrogens with one attached hydrogen (secondary N) is 1. The molecular weight excluding hydrogens is 293 g/mol. The Hall–Kier alpha value is -0.550. The van der Waals surface area contributed by atoms with Crippen LogP contribution in [0.4, 0.5) is 5.82 Å². The number of hydrogen-bond acceptors (Lipinski definition) is 3. The van der Waals surface area contributed by atoms with Crippen LogP contribution in [-0.2, 0) is 0 Å². The highest BCUT2D eigenvalue weighted by Gasteiger charge is 2.16. The van der Waals surface area contributed by atoms with Crippen molar-refractivity contribution < 1.29 is 0 Å². The van der Waals surface area contributed by atoms with Crippen LogP contribution in [0.1, 0.15) is 20.3 Å². The fourth-order valence-electron chi connectivity index (χ4n) is 1.41. The van der Waals surface area contributed by atoms with Crippen LogP contribution in [0.3, 0.4) is 0 Å². The van der Waals surface area contributed by atoms with Crippen LogP contribution in [0.15, 0.2) is 15.6 Å². The summed E-state index contributed by atoms with van der Waals surface area (Å²) in [4.78, 5) is 20.2. The van der Waals surface area contributed by atoms with Crippen molar-refractivity contribution in [3.63, 3.8) is 0 Å². The second kappa shape index (κ2) is 6.25. The van der Waals surface area contributed by atoms with E-state index in [0.717, 1.165) is 13.0 Å². The van der Waals surface area contributed by atoms with Gasteiger partial charge >= 0.3 is 0 Å². The molecule has 1 aromatic heterocycles. The van der Waals surface area contributed by atoms with E-state index in [1.165, 1.54) is 6.33 Å². The molecule has 0 saturated carbocycles. The number of halogens is 2. The van der Waals surface area contributed by atoms with Crippen LogP contribution in [0.25, 0.3) is 0 Å². The number of H-pyrrole nitrogens is 1. The van der Waals surface area contributed by atoms with E-state index < -0.39 is 0 Å². The van der Waals surface area contributed by atoms with E-state index in [-0.39, 0.29) is 11.6 Å². The third-order valence-corrected chi connectivity index (χ3v) is 3.19. The second-order valence-corrected chi connectivity index (χ2v) is 4.87. The van der Waals surface area contributed by atoms with E-state index in [4.69, 9.17) is 11.6 Å². The predicted octanol–water partition coefficient (Wildman–Crippen LogP) is 2.38. The Morgan fingerprint density at radius 3 is 2.88 bits per heavy atom. The van der Waals surface area contributed by atoms with Crippen LogP contribution in [-0.4, -0.2) is 28.4 Å². The highest BCUT2D eigenvalue weighted by molar-refractivity contribution is 9.10. The van der Waals surface area contributed by atoms with Crippen molar-refractivity contribution in [2.45, 2.75) is 26.3 Å². The number of nitrogens with zero attached hydrogens (tertiary/aromatic N) is 2. The molecule has 1 aromatic rings. The third kappa shape index (κ3) is 3.22. The van der Waals surface area contributed by atoms with Crippen molar-refractivity contribution in [2.75, 3.05) is 17.3 Å². The minimum Gasteiger partial charge on any atom is -0.353 e. The summed E-state index contributed by atoms with van der Waals surface area (Å²) >= 11 is 8.94. The van der Waals surface area contributed by atoms with E-state index in [0.29, 0.717) is 16.2 Å². The molecule has 0 spiro atoms. The Morgan fingerprint density at radius 2 is 2.31 bits per heavy atom. The first-order valence-corrected chi connectivity index (χ1v) is 6.46. The van der Waals surface area contributed by atoms with Crippen molar-refractivity contribution in [3.05, 3.63) is 21.2 Å². The number of aromatic nitrogens is 2. The Labute approximate surface area is 108 Å². The zero-order valence-corrected chi connectivity index (χ0v) is 11.7. The summed E-state index contributed by atoms with van der Waals surface area (Å²) < 4.78 is 0.471. The van der Waals surface area contributed by atoms with Crippen molar-refractivity contribution in [2.24, 2.45) is 0 Å². The number of anilines is 1. The molecule has 1 N–H and O–H groups in total. The summed E-state index contributed by atoms with van der Waals surface area (Å²) in [6.07, 6.45) is 2.28. The lowest BCUT2D eigenvalue weighted by molar-refractivity contribution is 0.660. The van der Waals surface area contributed by atoms with E-state index in [9.17, 15) is 4.79 Å². The third-order valence-electron chi connectivity index (χ3n) is 2.21. The summed E-state index contributed by atoms with van der Waals surface area (Å²) in [6, 6.07) is 0.272.